The lowest BCUT2D eigenvalue weighted by Gasteiger charge is -2.17. The number of hydrogen-bond acceptors (Lipinski definition) is 5. The summed E-state index contributed by atoms with van der Waals surface area (Å²) in [6, 6.07) is 5.65. The number of amides is 1. The molecule has 6 nitrogen and oxygen atoms in total. The smallest absolute Gasteiger partial charge is 0.253 e. The lowest BCUT2D eigenvalue weighted by Crippen LogP contribution is -2.29. The first-order chi connectivity index (χ1) is 11.7. The first-order valence-electron chi connectivity index (χ1n) is 8.58. The molecule has 0 bridgehead atoms. The molecule has 2 aromatic rings. The zero-order valence-electron chi connectivity index (χ0n) is 14.3. The van der Waals surface area contributed by atoms with E-state index in [4.69, 9.17) is 4.74 Å². The Morgan fingerprint density at radius 3 is 3.04 bits per heavy atom. The van der Waals surface area contributed by atoms with E-state index in [0.717, 1.165) is 56.0 Å². The topological polar surface area (TPSA) is 67.4 Å². The predicted molar refractivity (Wildman–Crippen MR) is 94.2 cm³/mol. The third-order valence-electron chi connectivity index (χ3n) is 4.36. The maximum atomic E-state index is 12.7. The molecule has 1 amide bonds. The standard InChI is InChI=1S/C18H24N4O2/c1-3-19-17-15-6-5-14(9-16(15)20-12-21-17)18(23)22-8-7-13(10-22)11-24-4-2/h5-6,9,12-13H,3-4,7-8,10-11H2,1-2H3,(H,19,20,21)/t13-/m0/s1. The van der Waals surface area contributed by atoms with Gasteiger partial charge in [-0.2, -0.15) is 0 Å². The summed E-state index contributed by atoms with van der Waals surface area (Å²) in [6.45, 7) is 7.83. The van der Waals surface area contributed by atoms with Crippen LogP contribution in [0, 0.1) is 5.92 Å². The maximum absolute atomic E-state index is 12.7. The van der Waals surface area contributed by atoms with E-state index in [9.17, 15) is 4.79 Å². The van der Waals surface area contributed by atoms with Crippen LogP contribution in [0.25, 0.3) is 10.9 Å². The molecule has 1 N–H and O–H groups in total. The number of ether oxygens (including phenoxy) is 1. The summed E-state index contributed by atoms with van der Waals surface area (Å²) in [7, 11) is 0. The van der Waals surface area contributed by atoms with E-state index in [1.165, 1.54) is 6.33 Å². The van der Waals surface area contributed by atoms with Gasteiger partial charge < -0.3 is 15.0 Å². The quantitative estimate of drug-likeness (QED) is 0.883. The molecule has 2 heterocycles. The zero-order chi connectivity index (χ0) is 16.9. The van der Waals surface area contributed by atoms with Gasteiger partial charge in [-0.1, -0.05) is 0 Å². The van der Waals surface area contributed by atoms with Gasteiger partial charge in [-0.3, -0.25) is 4.79 Å². The summed E-state index contributed by atoms with van der Waals surface area (Å²) in [4.78, 5) is 23.2. The Labute approximate surface area is 142 Å². The molecule has 1 aliphatic heterocycles. The molecule has 1 fully saturated rings. The molecule has 0 aliphatic carbocycles. The SMILES string of the molecule is CCNc1ncnc2cc(C(=O)N3CC[C@H](COCC)C3)ccc12. The van der Waals surface area contributed by atoms with Crippen LogP contribution >= 0.6 is 0 Å². The highest BCUT2D eigenvalue weighted by atomic mass is 16.5. The van der Waals surface area contributed by atoms with Gasteiger partial charge in [-0.25, -0.2) is 9.97 Å². The Hall–Kier alpha value is -2.21. The van der Waals surface area contributed by atoms with Crippen molar-refractivity contribution < 1.29 is 9.53 Å². The number of nitrogens with zero attached hydrogens (tertiary/aromatic N) is 3. The van der Waals surface area contributed by atoms with Crippen LogP contribution in [0.2, 0.25) is 0 Å². The van der Waals surface area contributed by atoms with Crippen molar-refractivity contribution in [1.82, 2.24) is 14.9 Å². The highest BCUT2D eigenvalue weighted by Gasteiger charge is 2.27. The Kier molecular flexibility index (Phi) is 5.25. The van der Waals surface area contributed by atoms with Gasteiger partial charge in [0, 0.05) is 43.1 Å². The fourth-order valence-corrected chi connectivity index (χ4v) is 3.12. The molecular weight excluding hydrogens is 304 g/mol. The molecule has 1 saturated heterocycles. The largest absolute Gasteiger partial charge is 0.381 e. The average Bonchev–Trinajstić information content (AvgIpc) is 3.08. The number of hydrogen-bond donors (Lipinski definition) is 1. The number of carbonyl (C=O) groups excluding carboxylic acids is 1. The Balaban J connectivity index is 1.76. The lowest BCUT2D eigenvalue weighted by molar-refractivity contribution is 0.0763. The summed E-state index contributed by atoms with van der Waals surface area (Å²) >= 11 is 0. The van der Waals surface area contributed by atoms with Crippen LogP contribution < -0.4 is 5.32 Å². The van der Waals surface area contributed by atoms with Gasteiger partial charge in [0.1, 0.15) is 12.1 Å². The van der Waals surface area contributed by atoms with Crippen LogP contribution in [0.4, 0.5) is 5.82 Å². The van der Waals surface area contributed by atoms with E-state index < -0.39 is 0 Å². The molecule has 1 aromatic carbocycles. The lowest BCUT2D eigenvalue weighted by atomic mass is 10.1. The summed E-state index contributed by atoms with van der Waals surface area (Å²) in [6.07, 6.45) is 2.54. The second-order valence-electron chi connectivity index (χ2n) is 6.05. The Morgan fingerprint density at radius 1 is 1.38 bits per heavy atom. The van der Waals surface area contributed by atoms with Crippen molar-refractivity contribution >= 4 is 22.6 Å². The van der Waals surface area contributed by atoms with E-state index in [1.807, 2.05) is 36.9 Å². The van der Waals surface area contributed by atoms with Crippen LogP contribution in [0.15, 0.2) is 24.5 Å². The molecule has 1 atom stereocenters. The number of fused-ring (bicyclic) bond motifs is 1. The van der Waals surface area contributed by atoms with Crippen LogP contribution in [0.1, 0.15) is 30.6 Å². The van der Waals surface area contributed by atoms with Gasteiger partial charge in [0.2, 0.25) is 0 Å². The Bertz CT molecular complexity index is 719. The second-order valence-corrected chi connectivity index (χ2v) is 6.05. The molecular formula is C18H24N4O2. The van der Waals surface area contributed by atoms with Crippen LogP contribution in [0.5, 0.6) is 0 Å². The molecule has 1 aromatic heterocycles. The van der Waals surface area contributed by atoms with Crippen molar-refractivity contribution in [1.29, 1.82) is 0 Å². The van der Waals surface area contributed by atoms with Crippen LogP contribution in [-0.4, -0.2) is 53.6 Å². The van der Waals surface area contributed by atoms with Crippen molar-refractivity contribution in [3.05, 3.63) is 30.1 Å². The van der Waals surface area contributed by atoms with E-state index >= 15 is 0 Å². The van der Waals surface area contributed by atoms with Crippen molar-refractivity contribution in [2.24, 2.45) is 5.92 Å². The molecule has 6 heteroatoms. The van der Waals surface area contributed by atoms with E-state index in [-0.39, 0.29) is 5.91 Å². The molecule has 24 heavy (non-hydrogen) atoms. The summed E-state index contributed by atoms with van der Waals surface area (Å²) in [5.41, 5.74) is 1.47. The van der Waals surface area contributed by atoms with Gasteiger partial charge in [-0.05, 0) is 38.5 Å². The maximum Gasteiger partial charge on any atom is 0.253 e. The monoisotopic (exact) mass is 328 g/mol. The predicted octanol–water partition coefficient (Wildman–Crippen LogP) is 2.56. The minimum absolute atomic E-state index is 0.0690. The van der Waals surface area contributed by atoms with Gasteiger partial charge >= 0.3 is 0 Å². The summed E-state index contributed by atoms with van der Waals surface area (Å²) in [5, 5.41) is 4.16. The molecule has 3 rings (SSSR count). The van der Waals surface area contributed by atoms with E-state index in [1.54, 1.807) is 0 Å². The number of likely N-dealkylation sites (tertiary alicyclic amines) is 1. The first kappa shape index (κ1) is 16.6. The number of carbonyl (C=O) groups is 1. The normalized spacial score (nSPS) is 17.4. The number of aromatic nitrogens is 2. The van der Waals surface area contributed by atoms with Gasteiger partial charge in [0.25, 0.3) is 5.91 Å². The minimum Gasteiger partial charge on any atom is -0.381 e. The van der Waals surface area contributed by atoms with Gasteiger partial charge in [0.15, 0.2) is 0 Å². The second kappa shape index (κ2) is 7.57. The van der Waals surface area contributed by atoms with Crippen molar-refractivity contribution in [3.63, 3.8) is 0 Å². The fraction of sp³-hybridized carbons (Fsp3) is 0.500. The molecule has 0 spiro atoms. The molecule has 0 radical (unpaired) electrons. The zero-order valence-corrected chi connectivity index (χ0v) is 14.3. The van der Waals surface area contributed by atoms with Crippen molar-refractivity contribution in [2.75, 3.05) is 38.2 Å². The molecule has 0 saturated carbocycles. The third-order valence-corrected chi connectivity index (χ3v) is 4.36. The van der Waals surface area contributed by atoms with Gasteiger partial charge in [0.05, 0.1) is 12.1 Å². The number of benzene rings is 1. The number of nitrogens with one attached hydrogen (secondary N) is 1. The summed E-state index contributed by atoms with van der Waals surface area (Å²) < 4.78 is 5.48. The van der Waals surface area contributed by atoms with Crippen molar-refractivity contribution in [2.45, 2.75) is 20.3 Å². The number of rotatable bonds is 6. The summed E-state index contributed by atoms with van der Waals surface area (Å²) in [5.74, 6) is 1.32. The highest BCUT2D eigenvalue weighted by Crippen LogP contribution is 2.23. The van der Waals surface area contributed by atoms with E-state index in [0.29, 0.717) is 11.5 Å². The van der Waals surface area contributed by atoms with Crippen molar-refractivity contribution in [3.8, 4) is 0 Å². The van der Waals surface area contributed by atoms with Crippen LogP contribution in [-0.2, 0) is 4.74 Å². The molecule has 128 valence electrons. The fourth-order valence-electron chi connectivity index (χ4n) is 3.12. The number of anilines is 1. The van der Waals surface area contributed by atoms with E-state index in [2.05, 4.69) is 15.3 Å². The van der Waals surface area contributed by atoms with Crippen LogP contribution in [0.3, 0.4) is 0 Å². The van der Waals surface area contributed by atoms with Gasteiger partial charge in [-0.15, -0.1) is 0 Å². The third kappa shape index (κ3) is 3.48. The molecule has 0 unspecified atom stereocenters. The molecule has 1 aliphatic rings. The first-order valence-corrected chi connectivity index (χ1v) is 8.58. The minimum atomic E-state index is 0.0690. The Morgan fingerprint density at radius 2 is 2.25 bits per heavy atom. The average molecular weight is 328 g/mol. The highest BCUT2D eigenvalue weighted by molar-refractivity contribution is 5.99.